The van der Waals surface area contributed by atoms with Crippen molar-refractivity contribution in [3.8, 4) is 11.4 Å². The third kappa shape index (κ3) is 3.13. The van der Waals surface area contributed by atoms with E-state index in [-0.39, 0.29) is 17.2 Å². The van der Waals surface area contributed by atoms with Crippen LogP contribution in [-0.2, 0) is 4.79 Å². The number of rotatable bonds is 3. The highest BCUT2D eigenvalue weighted by atomic mass is 32.2. The molecule has 1 amide bonds. The largest absolute Gasteiger partial charge is 0.497 e. The molecular formula is C20H17F2N3O2S. The number of methoxy groups -OCH3 is 1. The average Bonchev–Trinajstić information content (AvgIpc) is 2.90. The second-order valence-corrected chi connectivity index (χ2v) is 7.43. The molecule has 0 unspecified atom stereocenters. The van der Waals surface area contributed by atoms with Crippen molar-refractivity contribution in [3.63, 3.8) is 0 Å². The zero-order valence-corrected chi connectivity index (χ0v) is 16.0. The van der Waals surface area contributed by atoms with Gasteiger partial charge in [0.15, 0.2) is 11.6 Å². The Balaban J connectivity index is 1.88. The minimum absolute atomic E-state index is 0.122. The Morgan fingerprint density at radius 1 is 1.21 bits per heavy atom. The lowest BCUT2D eigenvalue weighted by molar-refractivity contribution is -0.113. The van der Waals surface area contributed by atoms with Crippen molar-refractivity contribution >= 4 is 23.5 Å². The summed E-state index contributed by atoms with van der Waals surface area (Å²) in [6, 6.07) is 11.3. The molecule has 1 aromatic heterocycles. The second-order valence-electron chi connectivity index (χ2n) is 6.34. The highest BCUT2D eigenvalue weighted by molar-refractivity contribution is 8.00. The first-order chi connectivity index (χ1) is 13.5. The highest BCUT2D eigenvalue weighted by Crippen LogP contribution is 2.44. The van der Waals surface area contributed by atoms with Gasteiger partial charge in [-0.1, -0.05) is 12.1 Å². The molecule has 28 heavy (non-hydrogen) atoms. The minimum atomic E-state index is -0.914. The number of carbonyl (C=O) groups excluding carboxylic acids is 1. The molecule has 0 saturated heterocycles. The number of benzene rings is 2. The molecule has 5 nitrogen and oxygen atoms in total. The van der Waals surface area contributed by atoms with Crippen molar-refractivity contribution < 1.29 is 18.3 Å². The summed E-state index contributed by atoms with van der Waals surface area (Å²) in [7, 11) is 1.58. The molecule has 1 N–H and O–H groups in total. The van der Waals surface area contributed by atoms with Crippen molar-refractivity contribution in [1.29, 1.82) is 0 Å². The lowest BCUT2D eigenvalue weighted by Crippen LogP contribution is -2.15. The van der Waals surface area contributed by atoms with Crippen LogP contribution >= 0.6 is 11.8 Å². The van der Waals surface area contributed by atoms with Gasteiger partial charge in [-0.3, -0.25) is 4.79 Å². The van der Waals surface area contributed by atoms with E-state index in [9.17, 15) is 13.6 Å². The molecule has 1 aliphatic heterocycles. The summed E-state index contributed by atoms with van der Waals surface area (Å²) in [6.45, 7) is 1.79. The van der Waals surface area contributed by atoms with Crippen LogP contribution in [0, 0.1) is 18.6 Å². The predicted molar refractivity (Wildman–Crippen MR) is 104 cm³/mol. The number of nitrogens with one attached hydrogen (secondary N) is 1. The third-order valence-corrected chi connectivity index (χ3v) is 5.84. The number of halogens is 2. The summed E-state index contributed by atoms with van der Waals surface area (Å²) in [5, 5.41) is 6.86. The number of carbonyl (C=O) groups is 1. The summed E-state index contributed by atoms with van der Waals surface area (Å²) in [4.78, 5) is 12.3. The zero-order valence-electron chi connectivity index (χ0n) is 15.2. The Bertz CT molecular complexity index is 1050. The first kappa shape index (κ1) is 18.5. The Morgan fingerprint density at radius 2 is 1.96 bits per heavy atom. The van der Waals surface area contributed by atoms with E-state index < -0.39 is 16.9 Å². The van der Waals surface area contributed by atoms with Gasteiger partial charge in [-0.2, -0.15) is 5.10 Å². The molecule has 1 aliphatic rings. The standard InChI is InChI=1S/C20H17F2N3O2S/c1-11-17-19(14-4-3-5-15(21)18(14)22)28-10-16(26)23-20(17)25(24-11)12-6-8-13(27-2)9-7-12/h3-9,19H,10H2,1-2H3,(H,23,26)/t19-/m0/s1. The van der Waals surface area contributed by atoms with E-state index in [2.05, 4.69) is 10.4 Å². The number of hydrogen-bond acceptors (Lipinski definition) is 4. The summed E-state index contributed by atoms with van der Waals surface area (Å²) < 4.78 is 35.1. The highest BCUT2D eigenvalue weighted by Gasteiger charge is 2.32. The van der Waals surface area contributed by atoms with Crippen molar-refractivity contribution in [1.82, 2.24) is 9.78 Å². The van der Waals surface area contributed by atoms with Gasteiger partial charge in [0, 0.05) is 11.1 Å². The number of nitrogens with zero attached hydrogens (tertiary/aromatic N) is 2. The fraction of sp³-hybridized carbons (Fsp3) is 0.200. The summed E-state index contributed by atoms with van der Waals surface area (Å²) in [5.74, 6) is -0.762. The number of thioether (sulfide) groups is 1. The average molecular weight is 401 g/mol. The van der Waals surface area contributed by atoms with E-state index in [1.165, 1.54) is 17.8 Å². The molecule has 0 fully saturated rings. The number of aryl methyl sites for hydroxylation is 1. The Kier molecular flexibility index (Phi) is 4.80. The Labute approximate surface area is 164 Å². The minimum Gasteiger partial charge on any atom is -0.497 e. The van der Waals surface area contributed by atoms with Crippen LogP contribution in [0.4, 0.5) is 14.6 Å². The van der Waals surface area contributed by atoms with E-state index in [1.54, 1.807) is 36.9 Å². The Morgan fingerprint density at radius 3 is 2.68 bits per heavy atom. The van der Waals surface area contributed by atoms with E-state index in [0.717, 1.165) is 11.8 Å². The van der Waals surface area contributed by atoms with Gasteiger partial charge in [0.2, 0.25) is 5.91 Å². The maximum absolute atomic E-state index is 14.5. The van der Waals surface area contributed by atoms with E-state index in [1.807, 2.05) is 12.1 Å². The van der Waals surface area contributed by atoms with E-state index >= 15 is 0 Å². The maximum atomic E-state index is 14.5. The van der Waals surface area contributed by atoms with Gasteiger partial charge in [-0.15, -0.1) is 11.8 Å². The van der Waals surface area contributed by atoms with Crippen LogP contribution in [0.25, 0.3) is 5.69 Å². The van der Waals surface area contributed by atoms with Crippen molar-refractivity contribution in [2.45, 2.75) is 12.2 Å². The molecule has 1 atom stereocenters. The molecule has 0 spiro atoms. The van der Waals surface area contributed by atoms with Gasteiger partial charge in [-0.05, 0) is 37.3 Å². The van der Waals surface area contributed by atoms with Crippen LogP contribution in [0.3, 0.4) is 0 Å². The first-order valence-corrected chi connectivity index (χ1v) is 9.63. The summed E-state index contributed by atoms with van der Waals surface area (Å²) in [6.07, 6.45) is 0. The molecule has 0 aliphatic carbocycles. The van der Waals surface area contributed by atoms with Crippen molar-refractivity contribution in [2.75, 3.05) is 18.2 Å². The normalized spacial score (nSPS) is 16.3. The van der Waals surface area contributed by atoms with E-state index in [0.29, 0.717) is 22.8 Å². The molecule has 0 saturated carbocycles. The smallest absolute Gasteiger partial charge is 0.235 e. The maximum Gasteiger partial charge on any atom is 0.235 e. The molecule has 3 aromatic rings. The fourth-order valence-electron chi connectivity index (χ4n) is 3.26. The molecule has 2 aromatic carbocycles. The first-order valence-electron chi connectivity index (χ1n) is 8.59. The lowest BCUT2D eigenvalue weighted by atomic mass is 10.0. The monoisotopic (exact) mass is 401 g/mol. The van der Waals surface area contributed by atoms with Crippen LogP contribution in [0.1, 0.15) is 22.1 Å². The summed E-state index contributed by atoms with van der Waals surface area (Å²) >= 11 is 1.25. The molecule has 2 heterocycles. The molecule has 0 radical (unpaired) electrons. The third-order valence-electron chi connectivity index (χ3n) is 4.59. The van der Waals surface area contributed by atoms with Gasteiger partial charge in [-0.25, -0.2) is 13.5 Å². The molecule has 0 bridgehead atoms. The van der Waals surface area contributed by atoms with Crippen LogP contribution in [-0.4, -0.2) is 28.6 Å². The number of aromatic nitrogens is 2. The lowest BCUT2D eigenvalue weighted by Gasteiger charge is -2.16. The topological polar surface area (TPSA) is 56.1 Å². The Hall–Kier alpha value is -2.87. The van der Waals surface area contributed by atoms with E-state index in [4.69, 9.17) is 4.74 Å². The molecule has 8 heteroatoms. The summed E-state index contributed by atoms with van der Waals surface area (Å²) in [5.41, 5.74) is 2.21. The molecule has 4 rings (SSSR count). The zero-order chi connectivity index (χ0) is 19.8. The predicted octanol–water partition coefficient (Wildman–Crippen LogP) is 4.24. The van der Waals surface area contributed by atoms with Crippen LogP contribution in [0.15, 0.2) is 42.5 Å². The van der Waals surface area contributed by atoms with Gasteiger partial charge in [0.05, 0.1) is 29.5 Å². The molecule has 144 valence electrons. The quantitative estimate of drug-likeness (QED) is 0.713. The fourth-order valence-corrected chi connectivity index (χ4v) is 4.46. The van der Waals surface area contributed by atoms with Crippen LogP contribution < -0.4 is 10.1 Å². The van der Waals surface area contributed by atoms with Crippen LogP contribution in [0.2, 0.25) is 0 Å². The van der Waals surface area contributed by atoms with Crippen molar-refractivity contribution in [2.24, 2.45) is 0 Å². The number of amides is 1. The van der Waals surface area contributed by atoms with Gasteiger partial charge in [0.25, 0.3) is 0 Å². The van der Waals surface area contributed by atoms with Gasteiger partial charge in [0.1, 0.15) is 11.6 Å². The number of ether oxygens (including phenoxy) is 1. The number of anilines is 1. The van der Waals surface area contributed by atoms with Gasteiger partial charge < -0.3 is 10.1 Å². The number of hydrogen-bond donors (Lipinski definition) is 1. The number of fused-ring (bicyclic) bond motifs is 1. The molecular weight excluding hydrogens is 384 g/mol. The van der Waals surface area contributed by atoms with Crippen molar-refractivity contribution in [3.05, 3.63) is 70.9 Å². The second kappa shape index (κ2) is 7.27. The van der Waals surface area contributed by atoms with Crippen LogP contribution in [0.5, 0.6) is 5.75 Å². The van der Waals surface area contributed by atoms with Gasteiger partial charge >= 0.3 is 0 Å². The SMILES string of the molecule is COc1ccc(-n2nc(C)c3c2NC(=O)CS[C@H]3c2cccc(F)c2F)cc1.